The van der Waals surface area contributed by atoms with Crippen molar-refractivity contribution in [2.75, 3.05) is 44.7 Å². The molecule has 1 unspecified atom stereocenters. The summed E-state index contributed by atoms with van der Waals surface area (Å²) in [5.74, 6) is 0.127. The Labute approximate surface area is 154 Å². The maximum Gasteiger partial charge on any atom is 0.271 e. The summed E-state index contributed by atoms with van der Waals surface area (Å²) in [6.07, 6.45) is 0. The minimum absolute atomic E-state index is 0. The maximum atomic E-state index is 12.3. The molecule has 1 atom stereocenters. The van der Waals surface area contributed by atoms with Crippen LogP contribution < -0.4 is 10.2 Å². The van der Waals surface area contributed by atoms with Crippen LogP contribution in [0.1, 0.15) is 6.92 Å². The number of non-ortho nitro benzene ring substituents is 1. The van der Waals surface area contributed by atoms with E-state index in [0.29, 0.717) is 32.7 Å². The van der Waals surface area contributed by atoms with Gasteiger partial charge in [0.2, 0.25) is 5.91 Å². The molecule has 1 fully saturated rings. The van der Waals surface area contributed by atoms with Gasteiger partial charge in [0.25, 0.3) is 5.69 Å². The number of halogens is 2. The second-order valence-corrected chi connectivity index (χ2v) is 5.55. The molecule has 1 heterocycles. The second-order valence-electron chi connectivity index (χ2n) is 5.55. The van der Waals surface area contributed by atoms with E-state index in [1.807, 2.05) is 24.9 Å². The van der Waals surface area contributed by atoms with Gasteiger partial charge in [-0.1, -0.05) is 13.0 Å². The Morgan fingerprint density at radius 1 is 1.29 bits per heavy atom. The molecule has 1 aliphatic heterocycles. The van der Waals surface area contributed by atoms with Crippen molar-refractivity contribution in [3.8, 4) is 0 Å². The van der Waals surface area contributed by atoms with E-state index >= 15 is 0 Å². The molecule has 0 spiro atoms. The molecule has 24 heavy (non-hydrogen) atoms. The Bertz CT molecular complexity index is 551. The lowest BCUT2D eigenvalue weighted by atomic mass is 10.1. The summed E-state index contributed by atoms with van der Waals surface area (Å²) < 4.78 is 0. The third-order valence-electron chi connectivity index (χ3n) is 3.93. The van der Waals surface area contributed by atoms with Gasteiger partial charge in [-0.15, -0.1) is 24.8 Å². The fourth-order valence-corrected chi connectivity index (χ4v) is 2.69. The molecule has 1 amide bonds. The van der Waals surface area contributed by atoms with Crippen molar-refractivity contribution in [2.45, 2.75) is 6.92 Å². The Kier molecular flexibility index (Phi) is 9.65. The van der Waals surface area contributed by atoms with Gasteiger partial charge in [0.1, 0.15) is 0 Å². The van der Waals surface area contributed by atoms with Crippen LogP contribution in [0.25, 0.3) is 0 Å². The quantitative estimate of drug-likeness (QED) is 0.625. The number of carbonyl (C=O) groups excluding carboxylic acids is 1. The van der Waals surface area contributed by atoms with Crippen molar-refractivity contribution in [1.82, 2.24) is 10.2 Å². The number of nitro groups is 1. The highest BCUT2D eigenvalue weighted by Crippen LogP contribution is 2.22. The van der Waals surface area contributed by atoms with E-state index < -0.39 is 0 Å². The van der Waals surface area contributed by atoms with E-state index in [9.17, 15) is 14.9 Å². The molecule has 136 valence electrons. The van der Waals surface area contributed by atoms with Gasteiger partial charge in [0.15, 0.2) is 0 Å². The molecule has 0 radical (unpaired) electrons. The summed E-state index contributed by atoms with van der Waals surface area (Å²) in [5.41, 5.74) is 0.934. The summed E-state index contributed by atoms with van der Waals surface area (Å²) in [6.45, 7) is 5.28. The van der Waals surface area contributed by atoms with E-state index in [-0.39, 0.29) is 47.2 Å². The normalized spacial score (nSPS) is 15.1. The van der Waals surface area contributed by atoms with Crippen molar-refractivity contribution in [3.63, 3.8) is 0 Å². The van der Waals surface area contributed by atoms with Gasteiger partial charge in [0, 0.05) is 56.5 Å². The number of piperazine rings is 1. The van der Waals surface area contributed by atoms with E-state index in [1.165, 1.54) is 6.07 Å². The molecule has 9 heteroatoms. The van der Waals surface area contributed by atoms with E-state index in [2.05, 4.69) is 10.2 Å². The SMILES string of the molecule is CNCC(C)C(=O)N1CCN(c2cccc([N+](=O)[O-])c2)CC1.Cl.Cl. The number of amides is 1. The predicted molar refractivity (Wildman–Crippen MR) is 99.5 cm³/mol. The number of hydrogen-bond acceptors (Lipinski definition) is 5. The van der Waals surface area contributed by atoms with E-state index in [4.69, 9.17) is 0 Å². The third-order valence-corrected chi connectivity index (χ3v) is 3.93. The van der Waals surface area contributed by atoms with Gasteiger partial charge >= 0.3 is 0 Å². The van der Waals surface area contributed by atoms with Crippen LogP contribution in [-0.2, 0) is 4.79 Å². The van der Waals surface area contributed by atoms with Gasteiger partial charge in [-0.3, -0.25) is 14.9 Å². The molecule has 7 nitrogen and oxygen atoms in total. The predicted octanol–water partition coefficient (Wildman–Crippen LogP) is 1.94. The van der Waals surface area contributed by atoms with Gasteiger partial charge in [-0.05, 0) is 13.1 Å². The number of benzene rings is 1. The second kappa shape index (κ2) is 10.3. The number of rotatable bonds is 5. The molecule has 1 aliphatic rings. The van der Waals surface area contributed by atoms with Gasteiger partial charge in [0.05, 0.1) is 4.92 Å². The fourth-order valence-electron chi connectivity index (χ4n) is 2.69. The van der Waals surface area contributed by atoms with Crippen molar-refractivity contribution in [2.24, 2.45) is 5.92 Å². The van der Waals surface area contributed by atoms with Crippen LogP contribution in [0, 0.1) is 16.0 Å². The van der Waals surface area contributed by atoms with Crippen molar-refractivity contribution in [3.05, 3.63) is 34.4 Å². The topological polar surface area (TPSA) is 78.7 Å². The zero-order chi connectivity index (χ0) is 16.1. The van der Waals surface area contributed by atoms with Gasteiger partial charge in [-0.25, -0.2) is 0 Å². The maximum absolute atomic E-state index is 12.3. The summed E-state index contributed by atoms with van der Waals surface area (Å²) >= 11 is 0. The van der Waals surface area contributed by atoms with Crippen LogP contribution in [0.3, 0.4) is 0 Å². The number of nitro benzene ring substituents is 1. The number of anilines is 1. The largest absolute Gasteiger partial charge is 0.368 e. The zero-order valence-electron chi connectivity index (χ0n) is 13.8. The van der Waals surface area contributed by atoms with Crippen LogP contribution in [0.5, 0.6) is 0 Å². The molecule has 0 saturated carbocycles. The summed E-state index contributed by atoms with van der Waals surface area (Å²) in [4.78, 5) is 26.7. The van der Waals surface area contributed by atoms with E-state index in [1.54, 1.807) is 12.1 Å². The molecular weight excluding hydrogens is 355 g/mol. The van der Waals surface area contributed by atoms with Crippen LogP contribution in [0.2, 0.25) is 0 Å². The Morgan fingerprint density at radius 2 is 1.92 bits per heavy atom. The molecule has 2 rings (SSSR count). The lowest BCUT2D eigenvalue weighted by Gasteiger charge is -2.37. The smallest absolute Gasteiger partial charge is 0.271 e. The molecule has 1 aromatic rings. The van der Waals surface area contributed by atoms with Crippen molar-refractivity contribution >= 4 is 42.1 Å². The summed E-state index contributed by atoms with van der Waals surface area (Å²) in [5, 5.41) is 13.9. The van der Waals surface area contributed by atoms with Crippen molar-refractivity contribution < 1.29 is 9.72 Å². The molecule has 0 bridgehead atoms. The zero-order valence-corrected chi connectivity index (χ0v) is 15.4. The van der Waals surface area contributed by atoms with Crippen LogP contribution >= 0.6 is 24.8 Å². The number of hydrogen-bond donors (Lipinski definition) is 1. The lowest BCUT2D eigenvalue weighted by molar-refractivity contribution is -0.384. The van der Waals surface area contributed by atoms with E-state index in [0.717, 1.165) is 5.69 Å². The van der Waals surface area contributed by atoms with Gasteiger partial charge < -0.3 is 15.1 Å². The first-order valence-corrected chi connectivity index (χ1v) is 7.45. The lowest BCUT2D eigenvalue weighted by Crippen LogP contribution is -2.51. The highest BCUT2D eigenvalue weighted by molar-refractivity contribution is 5.85. The Balaban J connectivity index is 0.00000264. The number of carbonyl (C=O) groups is 1. The minimum atomic E-state index is -0.386. The molecular formula is C15H24Cl2N4O3. The monoisotopic (exact) mass is 378 g/mol. The first-order chi connectivity index (χ1) is 10.5. The minimum Gasteiger partial charge on any atom is -0.368 e. The summed E-state index contributed by atoms with van der Waals surface area (Å²) in [6, 6.07) is 6.64. The highest BCUT2D eigenvalue weighted by atomic mass is 35.5. The first kappa shape index (κ1) is 22.4. The highest BCUT2D eigenvalue weighted by Gasteiger charge is 2.25. The number of nitrogens with zero attached hydrogens (tertiary/aromatic N) is 3. The van der Waals surface area contributed by atoms with Crippen LogP contribution in [0.4, 0.5) is 11.4 Å². The Morgan fingerprint density at radius 3 is 2.46 bits per heavy atom. The molecule has 1 aromatic carbocycles. The van der Waals surface area contributed by atoms with Crippen molar-refractivity contribution in [1.29, 1.82) is 0 Å². The van der Waals surface area contributed by atoms with Crippen LogP contribution in [0.15, 0.2) is 24.3 Å². The molecule has 0 aromatic heterocycles. The fraction of sp³-hybridized carbons (Fsp3) is 0.533. The molecule has 1 N–H and O–H groups in total. The standard InChI is InChI=1S/C15H22N4O3.2ClH/c1-12(11-16-2)15(20)18-8-6-17(7-9-18)13-4-3-5-14(10-13)19(21)22;;/h3-5,10,12,16H,6-9,11H2,1-2H3;2*1H. The average Bonchev–Trinajstić information content (AvgIpc) is 2.54. The summed E-state index contributed by atoms with van der Waals surface area (Å²) in [7, 11) is 1.84. The molecule has 0 aliphatic carbocycles. The average molecular weight is 379 g/mol. The first-order valence-electron chi connectivity index (χ1n) is 7.45. The number of nitrogens with one attached hydrogen (secondary N) is 1. The van der Waals surface area contributed by atoms with Crippen LogP contribution in [-0.4, -0.2) is 55.5 Å². The van der Waals surface area contributed by atoms with Gasteiger partial charge in [-0.2, -0.15) is 0 Å². The Hall–Kier alpha value is -1.57. The molecule has 1 saturated heterocycles. The third kappa shape index (κ3) is 5.51.